The van der Waals surface area contributed by atoms with E-state index in [0.29, 0.717) is 28.3 Å². The first-order valence-corrected chi connectivity index (χ1v) is 6.83. The maximum atomic E-state index is 10.4. The van der Waals surface area contributed by atoms with Crippen LogP contribution in [0.5, 0.6) is 5.75 Å². The van der Waals surface area contributed by atoms with Gasteiger partial charge >= 0.3 is 0 Å². The minimum Gasteiger partial charge on any atom is -0.505 e. The molecule has 5 nitrogen and oxygen atoms in total. The van der Waals surface area contributed by atoms with E-state index in [0.717, 1.165) is 0 Å². The van der Waals surface area contributed by atoms with Gasteiger partial charge in [-0.3, -0.25) is 4.98 Å². The van der Waals surface area contributed by atoms with Crippen LogP contribution in [0.2, 0.25) is 0 Å². The molecule has 5 heteroatoms. The molecule has 0 saturated carbocycles. The molecule has 0 spiro atoms. The van der Waals surface area contributed by atoms with Gasteiger partial charge in [0.2, 0.25) is 5.60 Å². The lowest BCUT2D eigenvalue weighted by Gasteiger charge is -2.24. The van der Waals surface area contributed by atoms with Crippen molar-refractivity contribution in [2.24, 2.45) is 0 Å². The molecule has 1 N–H and O–H groups in total. The molecule has 3 aromatic heterocycles. The quantitative estimate of drug-likeness (QED) is 0.801. The first-order chi connectivity index (χ1) is 10.8. The van der Waals surface area contributed by atoms with Crippen molar-refractivity contribution in [2.45, 2.75) is 12.2 Å². The van der Waals surface area contributed by atoms with Gasteiger partial charge in [-0.1, -0.05) is 6.58 Å². The summed E-state index contributed by atoms with van der Waals surface area (Å²) >= 11 is 0. The second-order valence-electron chi connectivity index (χ2n) is 5.01. The van der Waals surface area contributed by atoms with Crippen LogP contribution in [0.25, 0.3) is 6.08 Å². The molecule has 4 heterocycles. The summed E-state index contributed by atoms with van der Waals surface area (Å²) < 4.78 is 17.2. The molecule has 1 aliphatic rings. The van der Waals surface area contributed by atoms with E-state index in [1.165, 1.54) is 6.08 Å². The van der Waals surface area contributed by atoms with Crippen molar-refractivity contribution in [1.29, 1.82) is 0 Å². The van der Waals surface area contributed by atoms with E-state index >= 15 is 0 Å². The Balaban J connectivity index is 2.02. The normalized spacial score (nSPS) is 15.6. The van der Waals surface area contributed by atoms with Gasteiger partial charge in [-0.15, -0.1) is 0 Å². The Morgan fingerprint density at radius 1 is 1.18 bits per heavy atom. The second kappa shape index (κ2) is 4.61. The van der Waals surface area contributed by atoms with Crippen molar-refractivity contribution in [3.05, 3.63) is 77.9 Å². The molecule has 0 fully saturated rings. The Labute approximate surface area is 126 Å². The van der Waals surface area contributed by atoms with Crippen molar-refractivity contribution < 1.29 is 18.7 Å². The van der Waals surface area contributed by atoms with E-state index < -0.39 is 5.60 Å². The van der Waals surface area contributed by atoms with E-state index in [9.17, 15) is 5.11 Å². The largest absolute Gasteiger partial charge is 0.505 e. The Hall–Kier alpha value is -2.79. The molecule has 22 heavy (non-hydrogen) atoms. The summed E-state index contributed by atoms with van der Waals surface area (Å²) in [6, 6.07) is 7.20. The summed E-state index contributed by atoms with van der Waals surface area (Å²) in [5.41, 5.74) is 0.766. The zero-order valence-electron chi connectivity index (χ0n) is 11.7. The van der Waals surface area contributed by atoms with Crippen LogP contribution in [-0.4, -0.2) is 10.1 Å². The minimum atomic E-state index is -1.04. The van der Waals surface area contributed by atoms with Crippen LogP contribution in [0.4, 0.5) is 0 Å². The smallest absolute Gasteiger partial charge is 0.210 e. The molecule has 4 rings (SSSR count). The lowest BCUT2D eigenvalue weighted by Crippen LogP contribution is -2.27. The summed E-state index contributed by atoms with van der Waals surface area (Å²) in [7, 11) is 0. The number of hydrogen-bond acceptors (Lipinski definition) is 5. The lowest BCUT2D eigenvalue weighted by molar-refractivity contribution is -0.00429. The molecule has 0 bridgehead atoms. The summed E-state index contributed by atoms with van der Waals surface area (Å²) in [5.74, 6) is 1.23. The molecule has 0 aliphatic carbocycles. The lowest BCUT2D eigenvalue weighted by atomic mass is 9.88. The van der Waals surface area contributed by atoms with Crippen LogP contribution in [0.15, 0.2) is 58.4 Å². The third-order valence-corrected chi connectivity index (χ3v) is 3.93. The third kappa shape index (κ3) is 1.54. The van der Waals surface area contributed by atoms with Gasteiger partial charge in [-0.05, 0) is 30.3 Å². The highest BCUT2D eigenvalue weighted by Gasteiger charge is 2.49. The number of rotatable bonds is 3. The maximum absolute atomic E-state index is 10.4. The van der Waals surface area contributed by atoms with Crippen LogP contribution in [0.3, 0.4) is 0 Å². The maximum Gasteiger partial charge on any atom is 0.210 e. The molecule has 0 saturated heterocycles. The van der Waals surface area contributed by atoms with E-state index in [1.54, 1.807) is 30.9 Å². The van der Waals surface area contributed by atoms with Crippen molar-refractivity contribution in [3.63, 3.8) is 0 Å². The number of pyridine rings is 1. The number of nitrogens with zero attached hydrogens (tertiary/aromatic N) is 1. The standard InChI is InChI=1S/C17H13NO4/c1-2-13-16(19)11-10-22-17(12(11)9-18-13,14-5-3-7-20-14)15-6-4-8-21-15/h2-9,19H,1,10H2. The van der Waals surface area contributed by atoms with Crippen LogP contribution >= 0.6 is 0 Å². The summed E-state index contributed by atoms with van der Waals surface area (Å²) in [6.45, 7) is 3.88. The van der Waals surface area contributed by atoms with Crippen LogP contribution in [0.1, 0.15) is 28.3 Å². The van der Waals surface area contributed by atoms with Gasteiger partial charge in [0.15, 0.2) is 0 Å². The first kappa shape index (κ1) is 12.9. The molecule has 110 valence electrons. The fraction of sp³-hybridized carbons (Fsp3) is 0.118. The molecule has 0 unspecified atom stereocenters. The van der Waals surface area contributed by atoms with E-state index in [4.69, 9.17) is 13.6 Å². The number of aromatic hydroxyl groups is 1. The van der Waals surface area contributed by atoms with Crippen molar-refractivity contribution in [3.8, 4) is 5.75 Å². The SMILES string of the molecule is C=Cc1ncc2c(c1O)COC2(c1ccco1)c1ccco1. The predicted octanol–water partition coefficient (Wildman–Crippen LogP) is 3.44. The zero-order chi connectivity index (χ0) is 15.2. The zero-order valence-corrected chi connectivity index (χ0v) is 11.7. The Kier molecular flexibility index (Phi) is 2.71. The number of ether oxygens (including phenoxy) is 1. The summed E-state index contributed by atoms with van der Waals surface area (Å²) in [5, 5.41) is 10.4. The molecule has 0 aromatic carbocycles. The summed E-state index contributed by atoms with van der Waals surface area (Å²) in [6.07, 6.45) is 6.33. The Morgan fingerprint density at radius 2 is 1.86 bits per heavy atom. The van der Waals surface area contributed by atoms with Crippen molar-refractivity contribution in [2.75, 3.05) is 0 Å². The average molecular weight is 295 g/mol. The third-order valence-electron chi connectivity index (χ3n) is 3.93. The number of hydrogen-bond donors (Lipinski definition) is 1. The molecular weight excluding hydrogens is 282 g/mol. The van der Waals surface area contributed by atoms with Gasteiger partial charge < -0.3 is 18.7 Å². The molecule has 0 radical (unpaired) electrons. The topological polar surface area (TPSA) is 68.6 Å². The predicted molar refractivity (Wildman–Crippen MR) is 78.1 cm³/mol. The monoisotopic (exact) mass is 295 g/mol. The molecule has 3 aromatic rings. The summed E-state index contributed by atoms with van der Waals surface area (Å²) in [4.78, 5) is 4.25. The minimum absolute atomic E-state index is 0.0764. The van der Waals surface area contributed by atoms with E-state index in [2.05, 4.69) is 11.6 Å². The highest BCUT2D eigenvalue weighted by atomic mass is 16.5. The van der Waals surface area contributed by atoms with Gasteiger partial charge in [0.25, 0.3) is 0 Å². The molecular formula is C17H13NO4. The Bertz CT molecular complexity index is 784. The Morgan fingerprint density at radius 3 is 2.41 bits per heavy atom. The van der Waals surface area contributed by atoms with Crippen LogP contribution in [-0.2, 0) is 16.9 Å². The molecule has 1 aliphatic heterocycles. The van der Waals surface area contributed by atoms with Gasteiger partial charge in [-0.2, -0.15) is 0 Å². The van der Waals surface area contributed by atoms with Gasteiger partial charge in [0.1, 0.15) is 23.0 Å². The highest BCUT2D eigenvalue weighted by molar-refractivity contribution is 5.59. The van der Waals surface area contributed by atoms with Gasteiger partial charge in [0, 0.05) is 17.3 Å². The van der Waals surface area contributed by atoms with Crippen molar-refractivity contribution in [1.82, 2.24) is 4.98 Å². The first-order valence-electron chi connectivity index (χ1n) is 6.83. The molecule has 0 amide bonds. The number of fused-ring (bicyclic) bond motifs is 1. The fourth-order valence-corrected chi connectivity index (χ4v) is 2.90. The van der Waals surface area contributed by atoms with Gasteiger partial charge in [0.05, 0.1) is 19.1 Å². The van der Waals surface area contributed by atoms with Gasteiger partial charge in [-0.25, -0.2) is 0 Å². The van der Waals surface area contributed by atoms with Crippen LogP contribution in [0, 0.1) is 0 Å². The average Bonchev–Trinajstić information content (AvgIpc) is 3.28. The van der Waals surface area contributed by atoms with E-state index in [1.807, 2.05) is 12.1 Å². The second-order valence-corrected chi connectivity index (χ2v) is 5.01. The number of aromatic nitrogens is 1. The van der Waals surface area contributed by atoms with Crippen molar-refractivity contribution >= 4 is 6.08 Å². The van der Waals surface area contributed by atoms with Crippen LogP contribution < -0.4 is 0 Å². The van der Waals surface area contributed by atoms with E-state index in [-0.39, 0.29) is 12.4 Å². The fourth-order valence-electron chi connectivity index (χ4n) is 2.90. The number of furan rings is 2. The highest BCUT2D eigenvalue weighted by Crippen LogP contribution is 2.49. The molecule has 0 atom stereocenters.